The third kappa shape index (κ3) is 7.58. The van der Waals surface area contributed by atoms with Crippen LogP contribution in [-0.4, -0.2) is 50.2 Å². The van der Waals surface area contributed by atoms with Crippen LogP contribution in [-0.2, 0) is 9.47 Å². The molecular formula is C16H33NO3. The van der Waals surface area contributed by atoms with E-state index in [9.17, 15) is 5.11 Å². The number of aliphatic hydroxyl groups is 1. The van der Waals surface area contributed by atoms with Crippen molar-refractivity contribution in [3.8, 4) is 0 Å². The molecule has 0 aromatic carbocycles. The van der Waals surface area contributed by atoms with Gasteiger partial charge in [0.2, 0.25) is 0 Å². The Kier molecular flexibility index (Phi) is 8.03. The van der Waals surface area contributed by atoms with E-state index in [1.165, 1.54) is 0 Å². The Labute approximate surface area is 124 Å². The zero-order chi connectivity index (χ0) is 15.0. The summed E-state index contributed by atoms with van der Waals surface area (Å²) in [6.45, 7) is 12.4. The van der Waals surface area contributed by atoms with Crippen LogP contribution in [0.15, 0.2) is 0 Å². The third-order valence-electron chi connectivity index (χ3n) is 4.01. The highest BCUT2D eigenvalue weighted by atomic mass is 16.5. The lowest BCUT2D eigenvalue weighted by molar-refractivity contribution is -0.0116. The van der Waals surface area contributed by atoms with Crippen LogP contribution in [0.25, 0.3) is 0 Å². The molecule has 1 aliphatic heterocycles. The van der Waals surface area contributed by atoms with E-state index < -0.39 is 6.10 Å². The Morgan fingerprint density at radius 3 is 2.50 bits per heavy atom. The van der Waals surface area contributed by atoms with Gasteiger partial charge in [0.25, 0.3) is 0 Å². The van der Waals surface area contributed by atoms with Gasteiger partial charge in [-0.15, -0.1) is 0 Å². The van der Waals surface area contributed by atoms with Crippen LogP contribution in [0.3, 0.4) is 0 Å². The second kappa shape index (κ2) is 8.98. The largest absolute Gasteiger partial charge is 0.389 e. The van der Waals surface area contributed by atoms with Crippen molar-refractivity contribution in [2.45, 2.75) is 59.2 Å². The molecule has 1 rings (SSSR count). The van der Waals surface area contributed by atoms with Crippen molar-refractivity contribution in [2.24, 2.45) is 11.3 Å². The fraction of sp³-hybridized carbons (Fsp3) is 1.00. The number of nitrogens with one attached hydrogen (secondary N) is 1. The van der Waals surface area contributed by atoms with Crippen LogP contribution >= 0.6 is 0 Å². The second-order valence-electron chi connectivity index (χ2n) is 6.98. The molecule has 1 heterocycles. The maximum Gasteiger partial charge on any atom is 0.0897 e. The van der Waals surface area contributed by atoms with Gasteiger partial charge >= 0.3 is 0 Å². The van der Waals surface area contributed by atoms with Gasteiger partial charge in [0.15, 0.2) is 0 Å². The maximum atomic E-state index is 9.93. The fourth-order valence-electron chi connectivity index (χ4n) is 2.65. The first kappa shape index (κ1) is 17.9. The van der Waals surface area contributed by atoms with Crippen molar-refractivity contribution >= 4 is 0 Å². The van der Waals surface area contributed by atoms with Gasteiger partial charge < -0.3 is 19.9 Å². The quantitative estimate of drug-likeness (QED) is 0.682. The summed E-state index contributed by atoms with van der Waals surface area (Å²) < 4.78 is 11.1. The summed E-state index contributed by atoms with van der Waals surface area (Å²) in [6, 6.07) is 0. The monoisotopic (exact) mass is 287 g/mol. The van der Waals surface area contributed by atoms with E-state index in [2.05, 4.69) is 33.0 Å². The van der Waals surface area contributed by atoms with Crippen molar-refractivity contribution in [3.63, 3.8) is 0 Å². The summed E-state index contributed by atoms with van der Waals surface area (Å²) in [7, 11) is 0. The zero-order valence-electron chi connectivity index (χ0n) is 13.7. The first-order valence-electron chi connectivity index (χ1n) is 7.99. The lowest BCUT2D eigenvalue weighted by Gasteiger charge is -2.34. The van der Waals surface area contributed by atoms with Crippen molar-refractivity contribution in [1.82, 2.24) is 5.32 Å². The van der Waals surface area contributed by atoms with E-state index >= 15 is 0 Å². The summed E-state index contributed by atoms with van der Waals surface area (Å²) in [5.74, 6) is 0.633. The normalized spacial score (nSPS) is 21.9. The lowest BCUT2D eigenvalue weighted by Crippen LogP contribution is -2.40. The molecule has 120 valence electrons. The average molecular weight is 287 g/mol. The Morgan fingerprint density at radius 2 is 1.90 bits per heavy atom. The molecule has 0 amide bonds. The molecule has 4 nitrogen and oxygen atoms in total. The molecule has 0 aliphatic carbocycles. The minimum Gasteiger partial charge on any atom is -0.389 e. The van der Waals surface area contributed by atoms with Crippen LogP contribution in [0.5, 0.6) is 0 Å². The molecule has 2 atom stereocenters. The standard InChI is InChI=1S/C16H33NO3/c1-13(2)9-14(3)20-11-15(18)10-17-12-16(4)5-7-19-8-6-16/h13-15,17-18H,5-12H2,1-4H3. The van der Waals surface area contributed by atoms with Gasteiger partial charge in [0.05, 0.1) is 18.8 Å². The molecule has 0 aromatic rings. The highest BCUT2D eigenvalue weighted by Gasteiger charge is 2.26. The molecule has 0 aromatic heterocycles. The lowest BCUT2D eigenvalue weighted by atomic mass is 9.82. The van der Waals surface area contributed by atoms with Crippen molar-refractivity contribution in [2.75, 3.05) is 32.9 Å². The van der Waals surface area contributed by atoms with Gasteiger partial charge in [0.1, 0.15) is 0 Å². The predicted molar refractivity (Wildman–Crippen MR) is 81.9 cm³/mol. The first-order valence-corrected chi connectivity index (χ1v) is 7.99. The summed E-state index contributed by atoms with van der Waals surface area (Å²) in [4.78, 5) is 0. The van der Waals surface area contributed by atoms with E-state index in [1.807, 2.05) is 0 Å². The van der Waals surface area contributed by atoms with Crippen LogP contribution in [0.4, 0.5) is 0 Å². The molecule has 0 radical (unpaired) electrons. The van der Waals surface area contributed by atoms with E-state index in [0.717, 1.165) is 39.0 Å². The number of hydrogen-bond donors (Lipinski definition) is 2. The Morgan fingerprint density at radius 1 is 1.25 bits per heavy atom. The minimum absolute atomic E-state index is 0.220. The van der Waals surface area contributed by atoms with Gasteiger partial charge in [-0.3, -0.25) is 0 Å². The zero-order valence-corrected chi connectivity index (χ0v) is 13.7. The van der Waals surface area contributed by atoms with Gasteiger partial charge in [-0.1, -0.05) is 20.8 Å². The van der Waals surface area contributed by atoms with Crippen LogP contribution in [0, 0.1) is 11.3 Å². The van der Waals surface area contributed by atoms with Gasteiger partial charge in [-0.25, -0.2) is 0 Å². The SMILES string of the molecule is CC(C)CC(C)OCC(O)CNCC1(C)CCOCC1. The summed E-state index contributed by atoms with van der Waals surface area (Å²) >= 11 is 0. The molecule has 0 bridgehead atoms. The fourth-order valence-corrected chi connectivity index (χ4v) is 2.65. The third-order valence-corrected chi connectivity index (χ3v) is 4.01. The molecule has 20 heavy (non-hydrogen) atoms. The highest BCUT2D eigenvalue weighted by molar-refractivity contribution is 4.80. The number of aliphatic hydroxyl groups excluding tert-OH is 1. The average Bonchev–Trinajstić information content (AvgIpc) is 2.36. The Hall–Kier alpha value is -0.160. The molecule has 2 unspecified atom stereocenters. The number of hydrogen-bond acceptors (Lipinski definition) is 4. The smallest absolute Gasteiger partial charge is 0.0897 e. The van der Waals surface area contributed by atoms with Crippen LogP contribution < -0.4 is 5.32 Å². The van der Waals surface area contributed by atoms with Crippen LogP contribution in [0.2, 0.25) is 0 Å². The molecule has 1 saturated heterocycles. The molecular weight excluding hydrogens is 254 g/mol. The first-order chi connectivity index (χ1) is 9.41. The number of rotatable bonds is 9. The van der Waals surface area contributed by atoms with E-state index in [1.54, 1.807) is 0 Å². The second-order valence-corrected chi connectivity index (χ2v) is 6.98. The van der Waals surface area contributed by atoms with Gasteiger partial charge in [0, 0.05) is 26.3 Å². The van der Waals surface area contributed by atoms with E-state index in [-0.39, 0.29) is 6.10 Å². The Balaban J connectivity index is 2.09. The molecule has 1 fully saturated rings. The Bertz CT molecular complexity index is 252. The topological polar surface area (TPSA) is 50.7 Å². The predicted octanol–water partition coefficient (Wildman–Crippen LogP) is 2.20. The molecule has 0 spiro atoms. The van der Waals surface area contributed by atoms with Gasteiger partial charge in [-0.2, -0.15) is 0 Å². The summed E-state index contributed by atoms with van der Waals surface area (Å²) in [5, 5.41) is 13.3. The van der Waals surface area contributed by atoms with E-state index in [0.29, 0.717) is 24.5 Å². The molecule has 0 saturated carbocycles. The maximum absolute atomic E-state index is 9.93. The van der Waals surface area contributed by atoms with E-state index in [4.69, 9.17) is 9.47 Å². The molecule has 4 heteroatoms. The molecule has 1 aliphatic rings. The minimum atomic E-state index is -0.423. The van der Waals surface area contributed by atoms with Gasteiger partial charge in [-0.05, 0) is 37.5 Å². The molecule has 2 N–H and O–H groups in total. The summed E-state index contributed by atoms with van der Waals surface area (Å²) in [6.07, 6.45) is 3.03. The van der Waals surface area contributed by atoms with Crippen LogP contribution in [0.1, 0.15) is 47.0 Å². The van der Waals surface area contributed by atoms with Crippen molar-refractivity contribution in [3.05, 3.63) is 0 Å². The van der Waals surface area contributed by atoms with Crippen molar-refractivity contribution in [1.29, 1.82) is 0 Å². The summed E-state index contributed by atoms with van der Waals surface area (Å²) in [5.41, 5.74) is 0.309. The van der Waals surface area contributed by atoms with Crippen molar-refractivity contribution < 1.29 is 14.6 Å². The number of ether oxygens (including phenoxy) is 2. The highest BCUT2D eigenvalue weighted by Crippen LogP contribution is 2.28.